The Labute approximate surface area is 280 Å². The van der Waals surface area contributed by atoms with Crippen LogP contribution in [0.2, 0.25) is 5.82 Å². The van der Waals surface area contributed by atoms with Crippen molar-refractivity contribution in [2.75, 3.05) is 9.80 Å². The highest BCUT2D eigenvalue weighted by molar-refractivity contribution is 6.88. The number of hydrogen-bond acceptors (Lipinski definition) is 4. The maximum Gasteiger partial charge on any atom is 0.234 e. The maximum atomic E-state index is 7.43. The first-order valence-electron chi connectivity index (χ1n) is 17.3. The van der Waals surface area contributed by atoms with Gasteiger partial charge in [-0.1, -0.05) is 109 Å². The molecule has 4 aromatic carbocycles. The van der Waals surface area contributed by atoms with Crippen molar-refractivity contribution in [1.82, 2.24) is 0 Å². The van der Waals surface area contributed by atoms with Crippen LogP contribution in [-0.2, 0) is 5.41 Å². The van der Waals surface area contributed by atoms with Gasteiger partial charge in [0.05, 0.1) is 11.6 Å². The second-order valence-corrected chi connectivity index (χ2v) is 14.4. The lowest BCUT2D eigenvalue weighted by molar-refractivity contribution is 0.215. The topological polar surface area (TPSA) is 24.9 Å². The smallest absolute Gasteiger partial charge is 0.234 e. The molecule has 1 saturated carbocycles. The number of rotatable bonds is 2. The molecule has 0 saturated heterocycles. The summed E-state index contributed by atoms with van der Waals surface area (Å²) in [7, 11) is 0. The molecule has 0 spiro atoms. The Hall–Kier alpha value is -5.42. The van der Waals surface area contributed by atoms with Gasteiger partial charge in [0.25, 0.3) is 0 Å². The summed E-state index contributed by atoms with van der Waals surface area (Å²) in [4.78, 5) is 5.08. The average molecular weight is 619 g/mol. The van der Waals surface area contributed by atoms with Gasteiger partial charge in [0, 0.05) is 45.5 Å². The van der Waals surface area contributed by atoms with Gasteiger partial charge in [-0.25, -0.2) is 0 Å². The predicted molar refractivity (Wildman–Crippen MR) is 192 cm³/mol. The fraction of sp³-hybridized carbons (Fsp3) is 0.163. The lowest BCUT2D eigenvalue weighted by Crippen LogP contribution is -2.59. The second kappa shape index (κ2) is 8.73. The Balaban J connectivity index is 1.08. The summed E-state index contributed by atoms with van der Waals surface area (Å²) < 4.78 is 14.3. The molecule has 6 unspecified atom stereocenters. The third-order valence-corrected chi connectivity index (χ3v) is 12.3. The van der Waals surface area contributed by atoms with Gasteiger partial charge in [-0.05, 0) is 65.4 Å². The van der Waals surface area contributed by atoms with E-state index in [0.29, 0.717) is 5.92 Å². The zero-order valence-corrected chi connectivity index (χ0v) is 26.2. The molecule has 0 amide bonds. The lowest BCUT2D eigenvalue weighted by atomic mass is 9.30. The van der Waals surface area contributed by atoms with Crippen molar-refractivity contribution in [3.8, 4) is 11.5 Å². The molecule has 48 heavy (non-hydrogen) atoms. The SMILES string of the molecule is C1=CC2c3ccccc3N(C3=CC4Oc5c(ccc6c5C57C=CC=CC5(C7)N6c5ccccc5)B5c6ccccc6OC(=C3)C54)C2C=C1. The Morgan fingerprint density at radius 3 is 2.54 bits per heavy atom. The van der Waals surface area contributed by atoms with Crippen molar-refractivity contribution in [2.45, 2.75) is 41.3 Å². The zero-order chi connectivity index (χ0) is 31.2. The molecular formula is C43H31BN2O2. The molecule has 0 N–H and O–H groups in total. The minimum absolute atomic E-state index is 0.0551. The van der Waals surface area contributed by atoms with E-state index in [0.717, 1.165) is 29.4 Å². The molecule has 4 heterocycles. The van der Waals surface area contributed by atoms with Crippen LogP contribution in [0.25, 0.3) is 0 Å². The summed E-state index contributed by atoms with van der Waals surface area (Å²) in [6.07, 6.45) is 24.0. The molecule has 6 atom stereocenters. The third-order valence-electron chi connectivity index (χ3n) is 12.3. The van der Waals surface area contributed by atoms with Crippen LogP contribution in [-0.4, -0.2) is 24.4 Å². The van der Waals surface area contributed by atoms with Gasteiger partial charge in [-0.3, -0.25) is 0 Å². The minimum atomic E-state index is -0.176. The van der Waals surface area contributed by atoms with Gasteiger partial charge in [-0.15, -0.1) is 0 Å². The molecule has 12 rings (SSSR count). The van der Waals surface area contributed by atoms with Crippen LogP contribution >= 0.6 is 0 Å². The highest BCUT2D eigenvalue weighted by Crippen LogP contribution is 2.74. The van der Waals surface area contributed by atoms with Crippen LogP contribution in [0.5, 0.6) is 11.5 Å². The minimum Gasteiger partial charge on any atom is -0.486 e. The number of fused-ring (bicyclic) bond motifs is 9. The van der Waals surface area contributed by atoms with Crippen molar-refractivity contribution in [3.63, 3.8) is 0 Å². The van der Waals surface area contributed by atoms with Crippen LogP contribution in [0, 0.1) is 0 Å². The molecular weight excluding hydrogens is 587 g/mol. The largest absolute Gasteiger partial charge is 0.486 e. The van der Waals surface area contributed by atoms with Crippen LogP contribution in [0.4, 0.5) is 17.1 Å². The molecule has 0 radical (unpaired) electrons. The lowest BCUT2D eigenvalue weighted by Gasteiger charge is -2.45. The van der Waals surface area contributed by atoms with E-state index in [-0.39, 0.29) is 35.6 Å². The maximum absolute atomic E-state index is 7.43. The Morgan fingerprint density at radius 2 is 1.58 bits per heavy atom. The summed E-state index contributed by atoms with van der Waals surface area (Å²) in [5, 5.41) is 0. The van der Waals surface area contributed by atoms with E-state index < -0.39 is 0 Å². The highest BCUT2D eigenvalue weighted by atomic mass is 16.5. The molecule has 4 aliphatic heterocycles. The van der Waals surface area contributed by atoms with Gasteiger partial charge in [0.2, 0.25) is 6.71 Å². The fourth-order valence-corrected chi connectivity index (χ4v) is 10.4. The number of allylic oxidation sites excluding steroid dienone is 5. The Morgan fingerprint density at radius 1 is 0.750 bits per heavy atom. The molecule has 4 aliphatic carbocycles. The molecule has 8 aliphatic rings. The molecule has 0 aromatic heterocycles. The van der Waals surface area contributed by atoms with Crippen LogP contribution in [0.15, 0.2) is 163 Å². The molecule has 0 bridgehead atoms. The molecule has 4 aromatic rings. The summed E-state index contributed by atoms with van der Waals surface area (Å²) in [5.41, 5.74) is 9.88. The van der Waals surface area contributed by atoms with Gasteiger partial charge in [-0.2, -0.15) is 0 Å². The van der Waals surface area contributed by atoms with Crippen molar-refractivity contribution in [3.05, 3.63) is 174 Å². The van der Waals surface area contributed by atoms with Crippen LogP contribution < -0.4 is 30.2 Å². The summed E-state index contributed by atoms with van der Waals surface area (Å²) in [6.45, 7) is 0.132. The van der Waals surface area contributed by atoms with Gasteiger partial charge in [0.1, 0.15) is 23.4 Å². The van der Waals surface area contributed by atoms with E-state index in [1.807, 2.05) is 0 Å². The first kappa shape index (κ1) is 25.6. The first-order chi connectivity index (χ1) is 23.8. The second-order valence-electron chi connectivity index (χ2n) is 14.4. The average Bonchev–Trinajstić information content (AvgIpc) is 3.61. The number of para-hydroxylation sites is 3. The van der Waals surface area contributed by atoms with Crippen molar-refractivity contribution < 1.29 is 9.47 Å². The van der Waals surface area contributed by atoms with Crippen molar-refractivity contribution >= 4 is 34.7 Å². The molecule has 5 heteroatoms. The van der Waals surface area contributed by atoms with Crippen LogP contribution in [0.3, 0.4) is 0 Å². The number of hydrogen-bond donors (Lipinski definition) is 0. The van der Waals surface area contributed by atoms with E-state index in [1.54, 1.807) is 0 Å². The quantitative estimate of drug-likeness (QED) is 0.219. The standard InChI is InChI=1S/C43H31BN2O2/c1-2-12-27(13-3-1)46-35-21-20-32-41(39(35)42-22-10-11-23-43(42,46)26-42)48-38-25-28(24-37-40(38)44(32)31-16-6-9-19-36(31)47-37)45-33-17-7-4-14-29(33)30-15-5-8-18-34(30)45/h1-25,29,33,38,40H,26H2. The highest BCUT2D eigenvalue weighted by Gasteiger charge is 2.76. The van der Waals surface area contributed by atoms with E-state index >= 15 is 0 Å². The molecule has 4 nitrogen and oxygen atoms in total. The number of benzene rings is 4. The van der Waals surface area contributed by atoms with Gasteiger partial charge in [0.15, 0.2) is 0 Å². The Bertz CT molecular complexity index is 2300. The monoisotopic (exact) mass is 618 g/mol. The molecule has 228 valence electrons. The zero-order valence-electron chi connectivity index (χ0n) is 26.2. The van der Waals surface area contributed by atoms with Crippen molar-refractivity contribution in [2.24, 2.45) is 0 Å². The number of anilines is 3. The van der Waals surface area contributed by atoms with Crippen molar-refractivity contribution in [1.29, 1.82) is 0 Å². The van der Waals surface area contributed by atoms with Gasteiger partial charge >= 0.3 is 0 Å². The number of nitrogens with zero attached hydrogens (tertiary/aromatic N) is 2. The summed E-state index contributed by atoms with van der Waals surface area (Å²) in [5.74, 6) is 3.38. The Kier molecular flexibility index (Phi) is 4.66. The van der Waals surface area contributed by atoms with Gasteiger partial charge < -0.3 is 19.3 Å². The predicted octanol–water partition coefficient (Wildman–Crippen LogP) is 7.36. The van der Waals surface area contributed by atoms with E-state index in [4.69, 9.17) is 9.47 Å². The van der Waals surface area contributed by atoms with E-state index in [2.05, 4.69) is 162 Å². The van der Waals surface area contributed by atoms with E-state index in [9.17, 15) is 0 Å². The van der Waals surface area contributed by atoms with Crippen LogP contribution in [0.1, 0.15) is 23.5 Å². The first-order valence-corrected chi connectivity index (χ1v) is 17.3. The molecule has 1 fully saturated rings. The number of ether oxygens (including phenoxy) is 2. The summed E-state index contributed by atoms with van der Waals surface area (Å²) >= 11 is 0. The fourth-order valence-electron chi connectivity index (χ4n) is 10.4. The third kappa shape index (κ3) is 2.96. The normalized spacial score (nSPS) is 31.1. The van der Waals surface area contributed by atoms with E-state index in [1.165, 1.54) is 39.1 Å². The summed E-state index contributed by atoms with van der Waals surface area (Å²) in [6, 6.07) is 33.3.